The van der Waals surface area contributed by atoms with E-state index in [-0.39, 0.29) is 5.91 Å². The molecule has 0 heterocycles. The van der Waals surface area contributed by atoms with Crippen LogP contribution in [0.5, 0.6) is 5.75 Å². The van der Waals surface area contributed by atoms with Crippen molar-refractivity contribution in [2.45, 2.75) is 31.5 Å². The molecule has 1 saturated carbocycles. The van der Waals surface area contributed by atoms with E-state index < -0.39 is 0 Å². The van der Waals surface area contributed by atoms with E-state index in [1.54, 1.807) is 7.11 Å². The van der Waals surface area contributed by atoms with Crippen molar-refractivity contribution in [1.82, 2.24) is 10.6 Å². The number of carbonyl (C=O) groups is 1. The molecule has 2 atom stereocenters. The molecule has 0 saturated heterocycles. The third kappa shape index (κ3) is 5.04. The highest BCUT2D eigenvalue weighted by molar-refractivity contribution is 5.94. The zero-order chi connectivity index (χ0) is 20.1. The average molecular weight is 386 g/mol. The Balaban J connectivity index is 1.27. The molecule has 1 aliphatic rings. The number of benzene rings is 3. The third-order valence-electron chi connectivity index (χ3n) is 5.39. The Morgan fingerprint density at radius 2 is 1.69 bits per heavy atom. The predicted octanol–water partition coefficient (Wildman–Crippen LogP) is 4.27. The van der Waals surface area contributed by atoms with E-state index in [1.165, 1.54) is 11.1 Å². The van der Waals surface area contributed by atoms with E-state index in [0.717, 1.165) is 24.3 Å². The van der Waals surface area contributed by atoms with Crippen LogP contribution in [0.15, 0.2) is 78.9 Å². The van der Waals surface area contributed by atoms with Gasteiger partial charge in [0.25, 0.3) is 5.91 Å². The molecule has 0 spiro atoms. The number of nitrogens with one attached hydrogen (secondary N) is 2. The monoisotopic (exact) mass is 386 g/mol. The lowest BCUT2D eigenvalue weighted by atomic mass is 10.1. The molecular weight excluding hydrogens is 360 g/mol. The van der Waals surface area contributed by atoms with Gasteiger partial charge in [0, 0.05) is 30.6 Å². The first-order valence-electron chi connectivity index (χ1n) is 10.0. The highest BCUT2D eigenvalue weighted by atomic mass is 16.5. The maximum absolute atomic E-state index is 12.4. The largest absolute Gasteiger partial charge is 0.497 e. The van der Waals surface area contributed by atoms with Gasteiger partial charge in [-0.3, -0.25) is 4.79 Å². The van der Waals surface area contributed by atoms with Crippen LogP contribution in [0.3, 0.4) is 0 Å². The fourth-order valence-corrected chi connectivity index (χ4v) is 3.58. The average Bonchev–Trinajstić information content (AvgIpc) is 3.57. The number of rotatable bonds is 8. The summed E-state index contributed by atoms with van der Waals surface area (Å²) in [5.41, 5.74) is 4.31. The van der Waals surface area contributed by atoms with E-state index >= 15 is 0 Å². The van der Waals surface area contributed by atoms with Gasteiger partial charge in [-0.2, -0.15) is 0 Å². The van der Waals surface area contributed by atoms with Gasteiger partial charge in [0.2, 0.25) is 0 Å². The van der Waals surface area contributed by atoms with E-state index in [9.17, 15) is 4.79 Å². The van der Waals surface area contributed by atoms with Crippen LogP contribution < -0.4 is 15.4 Å². The maximum Gasteiger partial charge on any atom is 0.251 e. The summed E-state index contributed by atoms with van der Waals surface area (Å²) in [6, 6.07) is 26.6. The second-order valence-corrected chi connectivity index (χ2v) is 7.47. The van der Waals surface area contributed by atoms with Crippen molar-refractivity contribution in [1.29, 1.82) is 0 Å². The number of ether oxygens (including phenoxy) is 1. The van der Waals surface area contributed by atoms with Crippen LogP contribution >= 0.6 is 0 Å². The minimum atomic E-state index is -0.0381. The van der Waals surface area contributed by atoms with Crippen molar-refractivity contribution in [3.05, 3.63) is 101 Å². The smallest absolute Gasteiger partial charge is 0.251 e. The van der Waals surface area contributed by atoms with Crippen molar-refractivity contribution in [3.8, 4) is 5.75 Å². The van der Waals surface area contributed by atoms with Gasteiger partial charge in [0.1, 0.15) is 5.75 Å². The number of carbonyl (C=O) groups excluding carboxylic acids is 1. The first kappa shape index (κ1) is 19.2. The summed E-state index contributed by atoms with van der Waals surface area (Å²) in [4.78, 5) is 12.4. The fourth-order valence-electron chi connectivity index (χ4n) is 3.58. The Morgan fingerprint density at radius 3 is 2.45 bits per heavy atom. The molecule has 29 heavy (non-hydrogen) atoms. The van der Waals surface area contributed by atoms with Crippen LogP contribution in [-0.2, 0) is 13.1 Å². The zero-order valence-corrected chi connectivity index (χ0v) is 16.6. The Bertz CT molecular complexity index is 954. The lowest BCUT2D eigenvalue weighted by Crippen LogP contribution is -2.22. The Morgan fingerprint density at radius 1 is 0.931 bits per heavy atom. The van der Waals surface area contributed by atoms with Crippen molar-refractivity contribution in [2.24, 2.45) is 0 Å². The van der Waals surface area contributed by atoms with Gasteiger partial charge in [-0.05, 0) is 47.4 Å². The second-order valence-electron chi connectivity index (χ2n) is 7.47. The molecule has 4 heteroatoms. The molecule has 0 aromatic heterocycles. The lowest BCUT2D eigenvalue weighted by molar-refractivity contribution is 0.0951. The van der Waals surface area contributed by atoms with E-state index in [2.05, 4.69) is 34.9 Å². The van der Waals surface area contributed by atoms with Crippen LogP contribution in [0.1, 0.15) is 39.4 Å². The molecule has 0 radical (unpaired) electrons. The molecule has 1 amide bonds. The summed E-state index contributed by atoms with van der Waals surface area (Å²) < 4.78 is 5.28. The van der Waals surface area contributed by atoms with Crippen LogP contribution in [0, 0.1) is 0 Å². The molecule has 0 aliphatic heterocycles. The van der Waals surface area contributed by atoms with Crippen molar-refractivity contribution in [2.75, 3.05) is 7.11 Å². The van der Waals surface area contributed by atoms with Crippen LogP contribution in [-0.4, -0.2) is 19.1 Å². The summed E-state index contributed by atoms with van der Waals surface area (Å²) >= 11 is 0. The first-order valence-corrected chi connectivity index (χ1v) is 10.0. The Labute approximate surface area is 171 Å². The Kier molecular flexibility index (Phi) is 5.92. The molecule has 148 valence electrons. The summed E-state index contributed by atoms with van der Waals surface area (Å²) in [5, 5.41) is 6.59. The first-order chi connectivity index (χ1) is 14.2. The number of hydrogen-bond acceptors (Lipinski definition) is 3. The normalized spacial score (nSPS) is 17.6. The van der Waals surface area contributed by atoms with Gasteiger partial charge in [-0.1, -0.05) is 54.6 Å². The molecule has 1 aliphatic carbocycles. The SMILES string of the molecule is COc1cccc(CN[C@@H]2C[C@H]2c2ccc(C(=O)NCc3ccccc3)cc2)c1. The van der Waals surface area contributed by atoms with Gasteiger partial charge in [-0.25, -0.2) is 0 Å². The van der Waals surface area contributed by atoms with Gasteiger partial charge < -0.3 is 15.4 Å². The number of amides is 1. The molecule has 3 aromatic rings. The van der Waals surface area contributed by atoms with Crippen molar-refractivity contribution >= 4 is 5.91 Å². The highest BCUT2D eigenvalue weighted by Gasteiger charge is 2.37. The minimum absolute atomic E-state index is 0.0381. The lowest BCUT2D eigenvalue weighted by Gasteiger charge is -2.08. The van der Waals surface area contributed by atoms with E-state index in [4.69, 9.17) is 4.74 Å². The number of hydrogen-bond donors (Lipinski definition) is 2. The highest BCUT2D eigenvalue weighted by Crippen LogP contribution is 2.41. The van der Waals surface area contributed by atoms with Gasteiger partial charge >= 0.3 is 0 Å². The van der Waals surface area contributed by atoms with Crippen LogP contribution in [0.2, 0.25) is 0 Å². The predicted molar refractivity (Wildman–Crippen MR) is 115 cm³/mol. The van der Waals surface area contributed by atoms with E-state index in [1.807, 2.05) is 54.6 Å². The minimum Gasteiger partial charge on any atom is -0.497 e. The van der Waals surface area contributed by atoms with Crippen LogP contribution in [0.25, 0.3) is 0 Å². The number of methoxy groups -OCH3 is 1. The maximum atomic E-state index is 12.4. The molecule has 0 unspecified atom stereocenters. The molecular formula is C25H26N2O2. The quantitative estimate of drug-likeness (QED) is 0.608. The molecule has 3 aromatic carbocycles. The summed E-state index contributed by atoms with van der Waals surface area (Å²) in [7, 11) is 1.69. The van der Waals surface area contributed by atoms with Crippen molar-refractivity contribution < 1.29 is 9.53 Å². The summed E-state index contributed by atoms with van der Waals surface area (Å²) in [5.74, 6) is 1.36. The fraction of sp³-hybridized carbons (Fsp3) is 0.240. The third-order valence-corrected chi connectivity index (χ3v) is 5.39. The Hall–Kier alpha value is -3.11. The molecule has 0 bridgehead atoms. The molecule has 4 nitrogen and oxygen atoms in total. The van der Waals surface area contributed by atoms with Gasteiger partial charge in [-0.15, -0.1) is 0 Å². The summed E-state index contributed by atoms with van der Waals surface area (Å²) in [6.07, 6.45) is 1.13. The zero-order valence-electron chi connectivity index (χ0n) is 16.6. The molecule has 2 N–H and O–H groups in total. The standard InChI is InChI=1S/C25H26N2O2/c1-29-22-9-5-8-19(14-22)17-26-24-15-23(24)20-10-12-21(13-11-20)25(28)27-16-18-6-3-2-4-7-18/h2-14,23-24,26H,15-17H2,1H3,(H,27,28)/t23-,24+/m0/s1. The molecule has 1 fully saturated rings. The summed E-state index contributed by atoms with van der Waals surface area (Å²) in [6.45, 7) is 1.37. The van der Waals surface area contributed by atoms with Crippen LogP contribution in [0.4, 0.5) is 0 Å². The van der Waals surface area contributed by atoms with E-state index in [0.29, 0.717) is 24.1 Å². The van der Waals surface area contributed by atoms with Gasteiger partial charge in [0.05, 0.1) is 7.11 Å². The van der Waals surface area contributed by atoms with Gasteiger partial charge in [0.15, 0.2) is 0 Å². The topological polar surface area (TPSA) is 50.4 Å². The second kappa shape index (κ2) is 8.93. The van der Waals surface area contributed by atoms with Crippen molar-refractivity contribution in [3.63, 3.8) is 0 Å². The molecule has 4 rings (SSSR count).